The number of ether oxygens (including phenoxy) is 2. The SMILES string of the molecule is CC/C=C\C/C=C\C/C=C\C/C=C\C/C=C\CCCC(=O)OC[C@H](COP(=O)(O)OCC[N+](C)(C)C)OC(=O)[C@@H](N)CS[C@H](/C=C/C=C/C=C\C/C=C\CCCCC)[C@@H](O)CCCC(=O)O. The van der Waals surface area contributed by atoms with Crippen LogP contribution < -0.4 is 5.73 Å². The Kier molecular flexibility index (Phi) is 39.3. The van der Waals surface area contributed by atoms with E-state index < -0.39 is 62.4 Å². The maximum Gasteiger partial charge on any atom is 0.472 e. The highest BCUT2D eigenvalue weighted by molar-refractivity contribution is 8.00. The molecule has 0 amide bonds. The molecule has 0 aromatic carbocycles. The normalized spacial score (nSPS) is 15.8. The number of carbonyl (C=O) groups is 3. The molecule has 5 N–H and O–H groups in total. The first kappa shape index (κ1) is 62.4. The molecule has 66 heavy (non-hydrogen) atoms. The Hall–Kier alpha value is -3.59. The van der Waals surface area contributed by atoms with E-state index in [0.29, 0.717) is 23.9 Å². The summed E-state index contributed by atoms with van der Waals surface area (Å²) in [6.45, 7) is 3.60. The van der Waals surface area contributed by atoms with Gasteiger partial charge in [-0.05, 0) is 77.0 Å². The van der Waals surface area contributed by atoms with Crippen LogP contribution in [0.5, 0.6) is 0 Å². The summed E-state index contributed by atoms with van der Waals surface area (Å²) in [6.07, 6.45) is 46.2. The van der Waals surface area contributed by atoms with E-state index in [0.717, 1.165) is 44.9 Å². The smallest absolute Gasteiger partial charge is 0.472 e. The molecule has 0 heterocycles. The molecule has 0 spiro atoms. The number of carbonyl (C=O) groups excluding carboxylic acids is 2. The Morgan fingerprint density at radius 1 is 0.712 bits per heavy atom. The number of aliphatic hydroxyl groups excluding tert-OH is 1. The minimum Gasteiger partial charge on any atom is -0.481 e. The number of hydrogen-bond acceptors (Lipinski definition) is 11. The number of carboxylic acid groups (broad SMARTS) is 1. The van der Waals surface area contributed by atoms with Crippen molar-refractivity contribution in [2.24, 2.45) is 5.73 Å². The minimum absolute atomic E-state index is 0.00780. The van der Waals surface area contributed by atoms with E-state index in [2.05, 4.69) is 74.6 Å². The summed E-state index contributed by atoms with van der Waals surface area (Å²) in [6, 6.07) is -1.20. The van der Waals surface area contributed by atoms with Gasteiger partial charge in [-0.2, -0.15) is 0 Å². The summed E-state index contributed by atoms with van der Waals surface area (Å²) < 4.78 is 34.3. The lowest BCUT2D eigenvalue weighted by atomic mass is 10.1. The number of unbranched alkanes of at least 4 members (excludes halogenated alkanes) is 4. The first-order valence-electron chi connectivity index (χ1n) is 23.6. The number of rotatable bonds is 41. The van der Waals surface area contributed by atoms with Gasteiger partial charge in [-0.1, -0.05) is 136 Å². The lowest BCUT2D eigenvalue weighted by molar-refractivity contribution is -0.870. The van der Waals surface area contributed by atoms with Crippen LogP contribution in [0.2, 0.25) is 0 Å². The van der Waals surface area contributed by atoms with Gasteiger partial charge in [0.1, 0.15) is 25.8 Å². The standard InChI is InChI=1S/C51H83N2O11PS/c1-6-8-10-12-14-16-18-20-21-22-23-24-26-28-30-32-34-39-50(57)61-42-45(43-63-65(59,60)62-41-40-53(3,4)5)64-51(58)46(52)44-66-48(47(54)36-35-38-49(55)56)37-33-31-29-27-25-19-17-15-13-11-9-7-2/h8,10,14-17,20-21,23-25,27-31,33,37,45-48,54H,6-7,9,11-13,18-19,22,26,32,34-36,38-44,52H2,1-5H3,(H-,55,56,59,60)/p+1/b10-8-,16-14-,17-15-,21-20-,24-23-,27-25-,30-28-,31-29+,37-33+/t45-,46+,47+,48-/m1/s1. The van der Waals surface area contributed by atoms with Crippen molar-refractivity contribution in [1.29, 1.82) is 0 Å². The summed E-state index contributed by atoms with van der Waals surface area (Å²) in [5, 5.41) is 19.5. The average Bonchev–Trinajstić information content (AvgIpc) is 3.26. The summed E-state index contributed by atoms with van der Waals surface area (Å²) in [4.78, 5) is 47.3. The van der Waals surface area contributed by atoms with Crippen molar-refractivity contribution in [3.8, 4) is 0 Å². The second kappa shape index (κ2) is 41.6. The van der Waals surface area contributed by atoms with Crippen LogP contribution in [0.1, 0.15) is 117 Å². The molecule has 13 nitrogen and oxygen atoms in total. The quantitative estimate of drug-likeness (QED) is 0.0113. The fraction of sp³-hybridized carbons (Fsp3) is 0.588. The molecule has 0 aliphatic rings. The van der Waals surface area contributed by atoms with E-state index >= 15 is 0 Å². The molecule has 0 aliphatic carbocycles. The van der Waals surface area contributed by atoms with Crippen molar-refractivity contribution >= 4 is 37.5 Å². The summed E-state index contributed by atoms with van der Waals surface area (Å²) in [7, 11) is 1.13. The van der Waals surface area contributed by atoms with Crippen molar-refractivity contribution in [3.63, 3.8) is 0 Å². The van der Waals surface area contributed by atoms with Crippen LogP contribution in [0.25, 0.3) is 0 Å². The van der Waals surface area contributed by atoms with Gasteiger partial charge in [0.25, 0.3) is 0 Å². The zero-order valence-electron chi connectivity index (χ0n) is 40.5. The van der Waals surface area contributed by atoms with Gasteiger partial charge in [-0.3, -0.25) is 23.4 Å². The first-order chi connectivity index (χ1) is 31.6. The molecule has 0 bridgehead atoms. The molecule has 15 heteroatoms. The predicted molar refractivity (Wildman–Crippen MR) is 271 cm³/mol. The predicted octanol–water partition coefficient (Wildman–Crippen LogP) is 10.4. The van der Waals surface area contributed by atoms with Crippen LogP contribution in [0.4, 0.5) is 0 Å². The highest BCUT2D eigenvalue weighted by Gasteiger charge is 2.29. The number of phosphoric ester groups is 1. The van der Waals surface area contributed by atoms with Crippen molar-refractivity contribution in [2.75, 3.05) is 53.3 Å². The minimum atomic E-state index is -4.56. The number of aliphatic hydroxyl groups is 1. The highest BCUT2D eigenvalue weighted by atomic mass is 32.2. The Balaban J connectivity index is 5.34. The number of allylic oxidation sites excluding steroid dienone is 17. The highest BCUT2D eigenvalue weighted by Crippen LogP contribution is 2.43. The summed E-state index contributed by atoms with van der Waals surface area (Å²) >= 11 is 1.20. The monoisotopic (exact) mass is 964 g/mol. The van der Waals surface area contributed by atoms with Crippen LogP contribution in [-0.2, 0) is 37.5 Å². The number of esters is 2. The van der Waals surface area contributed by atoms with E-state index in [1.165, 1.54) is 31.0 Å². The van der Waals surface area contributed by atoms with Crippen molar-refractivity contribution in [3.05, 3.63) is 109 Å². The van der Waals surface area contributed by atoms with Crippen LogP contribution in [-0.4, -0.2) is 114 Å². The Bertz CT molecular complexity index is 1610. The van der Waals surface area contributed by atoms with E-state index in [-0.39, 0.29) is 38.0 Å². The van der Waals surface area contributed by atoms with Gasteiger partial charge in [0.15, 0.2) is 6.10 Å². The van der Waals surface area contributed by atoms with Crippen molar-refractivity contribution in [1.82, 2.24) is 0 Å². The second-order valence-corrected chi connectivity index (χ2v) is 19.3. The molecule has 0 saturated carbocycles. The molecule has 5 atom stereocenters. The van der Waals surface area contributed by atoms with E-state index in [9.17, 15) is 28.9 Å². The van der Waals surface area contributed by atoms with E-state index in [1.54, 1.807) is 12.2 Å². The summed E-state index contributed by atoms with van der Waals surface area (Å²) in [5.74, 6) is -2.37. The van der Waals surface area contributed by atoms with E-state index in [4.69, 9.17) is 29.4 Å². The van der Waals surface area contributed by atoms with Crippen molar-refractivity contribution in [2.45, 2.75) is 140 Å². The topological polar surface area (TPSA) is 192 Å². The van der Waals surface area contributed by atoms with Crippen LogP contribution in [0, 0.1) is 0 Å². The number of nitrogens with zero attached hydrogens (tertiary/aromatic N) is 1. The number of thioether (sulfide) groups is 1. The van der Waals surface area contributed by atoms with Gasteiger partial charge in [0.05, 0.1) is 33.9 Å². The van der Waals surface area contributed by atoms with Crippen LogP contribution >= 0.6 is 19.6 Å². The third-order valence-corrected chi connectivity index (χ3v) is 11.7. The molecule has 0 aliphatic heterocycles. The Morgan fingerprint density at radius 2 is 1.29 bits per heavy atom. The number of phosphoric acid groups is 1. The molecule has 1 unspecified atom stereocenters. The lowest BCUT2D eigenvalue weighted by Crippen LogP contribution is -2.40. The molecule has 374 valence electrons. The average molecular weight is 964 g/mol. The third kappa shape index (κ3) is 41.8. The zero-order chi connectivity index (χ0) is 49.2. The van der Waals surface area contributed by atoms with Gasteiger partial charge in [0, 0.05) is 23.8 Å². The molecule has 0 aromatic rings. The van der Waals surface area contributed by atoms with Gasteiger partial charge < -0.3 is 34.8 Å². The Labute approximate surface area is 401 Å². The fourth-order valence-electron chi connectivity index (χ4n) is 5.47. The van der Waals surface area contributed by atoms with Gasteiger partial charge in [0.2, 0.25) is 0 Å². The lowest BCUT2D eigenvalue weighted by Gasteiger charge is -2.25. The first-order valence-corrected chi connectivity index (χ1v) is 26.1. The molecule has 0 fully saturated rings. The number of carboxylic acids is 1. The number of nitrogens with two attached hydrogens (primary N) is 1. The van der Waals surface area contributed by atoms with Crippen molar-refractivity contribution < 1.29 is 57.1 Å². The largest absolute Gasteiger partial charge is 0.481 e. The maximum atomic E-state index is 13.2. The van der Waals surface area contributed by atoms with Crippen LogP contribution in [0.3, 0.4) is 0 Å². The Morgan fingerprint density at radius 3 is 1.88 bits per heavy atom. The molecule has 0 radical (unpaired) electrons. The molecular weight excluding hydrogens is 880 g/mol. The fourth-order valence-corrected chi connectivity index (χ4v) is 7.34. The summed E-state index contributed by atoms with van der Waals surface area (Å²) in [5.41, 5.74) is 6.24. The van der Waals surface area contributed by atoms with Crippen LogP contribution in [0.15, 0.2) is 109 Å². The number of likely N-dealkylation sites (N-methyl/N-ethyl adjacent to an activating group) is 1. The molecular formula is C51H84N2O11PS+. The van der Waals surface area contributed by atoms with Gasteiger partial charge in [-0.15, -0.1) is 11.8 Å². The number of hydrogen-bond donors (Lipinski definition) is 4. The molecule has 0 saturated heterocycles. The third-order valence-electron chi connectivity index (χ3n) is 9.29. The zero-order valence-corrected chi connectivity index (χ0v) is 42.2. The maximum absolute atomic E-state index is 13.2. The molecule has 0 aromatic heterocycles. The van der Waals surface area contributed by atoms with Gasteiger partial charge >= 0.3 is 25.7 Å². The second-order valence-electron chi connectivity index (χ2n) is 16.6. The molecule has 0 rings (SSSR count). The number of quaternary nitrogens is 1. The van der Waals surface area contributed by atoms with Gasteiger partial charge in [-0.25, -0.2) is 4.57 Å². The van der Waals surface area contributed by atoms with E-state index in [1.807, 2.05) is 57.6 Å². The number of aliphatic carboxylic acids is 1.